The van der Waals surface area contributed by atoms with Gasteiger partial charge >= 0.3 is 0 Å². The average Bonchev–Trinajstić information content (AvgIpc) is 3.14. The molecule has 5 heteroatoms. The molecule has 132 valence electrons. The summed E-state index contributed by atoms with van der Waals surface area (Å²) in [5, 5.41) is 4.72. The van der Waals surface area contributed by atoms with Gasteiger partial charge in [0, 0.05) is 28.2 Å². The van der Waals surface area contributed by atoms with Gasteiger partial charge in [-0.2, -0.15) is 0 Å². The van der Waals surface area contributed by atoms with Gasteiger partial charge in [-0.05, 0) is 67.9 Å². The third-order valence-electron chi connectivity index (χ3n) is 4.63. The van der Waals surface area contributed by atoms with Gasteiger partial charge in [0.1, 0.15) is 0 Å². The molecule has 3 nitrogen and oxygen atoms in total. The van der Waals surface area contributed by atoms with Crippen molar-refractivity contribution in [2.24, 2.45) is 0 Å². The molecule has 1 unspecified atom stereocenters. The Balaban J connectivity index is 1.61. The number of nitrogens with zero attached hydrogens (tertiary/aromatic N) is 1. The molecule has 0 saturated carbocycles. The van der Waals surface area contributed by atoms with Gasteiger partial charge in [0.25, 0.3) is 0 Å². The van der Waals surface area contributed by atoms with E-state index in [-0.39, 0.29) is 11.8 Å². The van der Waals surface area contributed by atoms with Gasteiger partial charge in [-0.15, -0.1) is 0 Å². The minimum atomic E-state index is 0.0768. The first-order valence-corrected chi connectivity index (χ1v) is 9.38. The van der Waals surface area contributed by atoms with Crippen molar-refractivity contribution in [1.82, 2.24) is 10.2 Å². The number of ketones is 1. The maximum atomic E-state index is 12.3. The second-order valence-electron chi connectivity index (χ2n) is 6.37. The molecule has 1 aliphatic heterocycles. The van der Waals surface area contributed by atoms with Gasteiger partial charge < -0.3 is 5.32 Å². The van der Waals surface area contributed by atoms with Gasteiger partial charge in [0.05, 0.1) is 6.54 Å². The zero-order valence-electron chi connectivity index (χ0n) is 14.1. The molecule has 0 radical (unpaired) electrons. The molecule has 1 atom stereocenters. The molecule has 0 amide bonds. The van der Waals surface area contributed by atoms with Gasteiger partial charge in [0.2, 0.25) is 0 Å². The zero-order chi connectivity index (χ0) is 17.6. The van der Waals surface area contributed by atoms with Crippen LogP contribution in [0, 0.1) is 0 Å². The minimum Gasteiger partial charge on any atom is -0.308 e. The summed E-state index contributed by atoms with van der Waals surface area (Å²) in [6, 6.07) is 15.3. The van der Waals surface area contributed by atoms with Gasteiger partial charge in [0.15, 0.2) is 5.78 Å². The third kappa shape index (κ3) is 5.05. The van der Waals surface area contributed by atoms with Crippen LogP contribution >= 0.6 is 23.2 Å². The van der Waals surface area contributed by atoms with Crippen molar-refractivity contribution in [1.29, 1.82) is 0 Å². The molecular weight excluding hydrogens is 355 g/mol. The molecule has 1 aliphatic rings. The SMILES string of the molecule is O=C(CNCC(c1ccc(Cl)cc1)N1CCCC1)c1ccc(Cl)cc1. The summed E-state index contributed by atoms with van der Waals surface area (Å²) in [4.78, 5) is 14.8. The lowest BCUT2D eigenvalue weighted by Gasteiger charge is -2.28. The number of benzene rings is 2. The smallest absolute Gasteiger partial charge is 0.176 e. The number of likely N-dealkylation sites (tertiary alicyclic amines) is 1. The van der Waals surface area contributed by atoms with Crippen LogP contribution in [-0.4, -0.2) is 36.9 Å². The van der Waals surface area contributed by atoms with Crippen LogP contribution in [0.5, 0.6) is 0 Å². The fourth-order valence-corrected chi connectivity index (χ4v) is 3.51. The molecule has 0 aliphatic carbocycles. The Morgan fingerprint density at radius 1 is 0.960 bits per heavy atom. The fourth-order valence-electron chi connectivity index (χ4n) is 3.26. The number of Topliss-reactive ketones (excluding diaryl/α,β-unsaturated/α-hetero) is 1. The van der Waals surface area contributed by atoms with Crippen molar-refractivity contribution >= 4 is 29.0 Å². The first kappa shape index (κ1) is 18.4. The van der Waals surface area contributed by atoms with Crippen LogP contribution < -0.4 is 5.32 Å². The van der Waals surface area contributed by atoms with E-state index < -0.39 is 0 Å². The topological polar surface area (TPSA) is 32.3 Å². The number of halogens is 2. The Morgan fingerprint density at radius 3 is 2.12 bits per heavy atom. The summed E-state index contributed by atoms with van der Waals surface area (Å²) >= 11 is 11.9. The summed E-state index contributed by atoms with van der Waals surface area (Å²) < 4.78 is 0. The number of carbonyl (C=O) groups is 1. The highest BCUT2D eigenvalue weighted by molar-refractivity contribution is 6.30. The summed E-state index contributed by atoms with van der Waals surface area (Å²) in [6.07, 6.45) is 2.46. The summed E-state index contributed by atoms with van der Waals surface area (Å²) in [6.45, 7) is 3.25. The molecule has 25 heavy (non-hydrogen) atoms. The number of carbonyl (C=O) groups excluding carboxylic acids is 1. The van der Waals surface area contributed by atoms with Crippen molar-refractivity contribution in [3.8, 4) is 0 Å². The van der Waals surface area contributed by atoms with E-state index in [4.69, 9.17) is 23.2 Å². The highest BCUT2D eigenvalue weighted by Crippen LogP contribution is 2.25. The molecule has 1 N–H and O–H groups in total. The van der Waals surface area contributed by atoms with E-state index in [9.17, 15) is 4.79 Å². The first-order valence-electron chi connectivity index (χ1n) is 8.62. The second kappa shape index (κ2) is 8.81. The lowest BCUT2D eigenvalue weighted by molar-refractivity contribution is 0.0987. The van der Waals surface area contributed by atoms with Crippen LogP contribution in [-0.2, 0) is 0 Å². The van der Waals surface area contributed by atoms with Crippen LogP contribution in [0.1, 0.15) is 34.8 Å². The maximum absolute atomic E-state index is 12.3. The zero-order valence-corrected chi connectivity index (χ0v) is 15.6. The molecule has 0 spiro atoms. The quantitative estimate of drug-likeness (QED) is 0.716. The largest absolute Gasteiger partial charge is 0.308 e. The molecule has 0 bridgehead atoms. The van der Waals surface area contributed by atoms with Gasteiger partial charge in [-0.1, -0.05) is 35.3 Å². The van der Waals surface area contributed by atoms with E-state index in [0.717, 1.165) is 24.7 Å². The molecule has 3 rings (SSSR count). The van der Waals surface area contributed by atoms with Crippen LogP contribution in [0.2, 0.25) is 10.0 Å². The Morgan fingerprint density at radius 2 is 1.52 bits per heavy atom. The average molecular weight is 377 g/mol. The van der Waals surface area contributed by atoms with Crippen LogP contribution in [0.3, 0.4) is 0 Å². The predicted molar refractivity (Wildman–Crippen MR) is 104 cm³/mol. The molecule has 1 heterocycles. The summed E-state index contributed by atoms with van der Waals surface area (Å²) in [5.41, 5.74) is 1.92. The van der Waals surface area contributed by atoms with Crippen molar-refractivity contribution in [3.63, 3.8) is 0 Å². The van der Waals surface area contributed by atoms with Crippen molar-refractivity contribution in [2.45, 2.75) is 18.9 Å². The molecule has 0 aromatic heterocycles. The molecule has 2 aromatic carbocycles. The normalized spacial score (nSPS) is 16.1. The van der Waals surface area contributed by atoms with Crippen molar-refractivity contribution in [2.75, 3.05) is 26.2 Å². The fraction of sp³-hybridized carbons (Fsp3) is 0.350. The minimum absolute atomic E-state index is 0.0768. The standard InChI is InChI=1S/C20H22Cl2N2O/c21-17-7-3-15(4-8-17)19(24-11-1-2-12-24)13-23-14-20(25)16-5-9-18(22)10-6-16/h3-10,19,23H,1-2,11-14H2. The predicted octanol–water partition coefficient (Wildman–Crippen LogP) is 4.60. The molecule has 1 fully saturated rings. The van der Waals surface area contributed by atoms with Gasteiger partial charge in [-0.25, -0.2) is 0 Å². The Kier molecular flexibility index (Phi) is 6.49. The Labute approximate surface area is 158 Å². The van der Waals surface area contributed by atoms with Crippen molar-refractivity contribution in [3.05, 3.63) is 69.7 Å². The first-order chi connectivity index (χ1) is 12.1. The summed E-state index contributed by atoms with van der Waals surface area (Å²) in [5.74, 6) is 0.0768. The highest BCUT2D eigenvalue weighted by atomic mass is 35.5. The van der Waals surface area contributed by atoms with E-state index in [1.54, 1.807) is 24.3 Å². The summed E-state index contributed by atoms with van der Waals surface area (Å²) in [7, 11) is 0. The van der Waals surface area contributed by atoms with E-state index in [2.05, 4.69) is 22.3 Å². The van der Waals surface area contributed by atoms with E-state index in [0.29, 0.717) is 17.1 Å². The van der Waals surface area contributed by atoms with Crippen LogP contribution in [0.25, 0.3) is 0 Å². The van der Waals surface area contributed by atoms with Crippen LogP contribution in [0.4, 0.5) is 0 Å². The lowest BCUT2D eigenvalue weighted by atomic mass is 10.1. The highest BCUT2D eigenvalue weighted by Gasteiger charge is 2.23. The van der Waals surface area contributed by atoms with E-state index in [1.165, 1.54) is 18.4 Å². The molecular formula is C20H22Cl2N2O. The number of hydrogen-bond donors (Lipinski definition) is 1. The monoisotopic (exact) mass is 376 g/mol. The third-order valence-corrected chi connectivity index (χ3v) is 5.13. The van der Waals surface area contributed by atoms with Crippen molar-refractivity contribution < 1.29 is 4.79 Å². The maximum Gasteiger partial charge on any atom is 0.176 e. The second-order valence-corrected chi connectivity index (χ2v) is 7.24. The molecule has 2 aromatic rings. The Hall–Kier alpha value is -1.39. The van der Waals surface area contributed by atoms with E-state index in [1.807, 2.05) is 12.1 Å². The van der Waals surface area contributed by atoms with E-state index >= 15 is 0 Å². The lowest BCUT2D eigenvalue weighted by Crippen LogP contribution is -2.36. The van der Waals surface area contributed by atoms with Gasteiger partial charge in [-0.3, -0.25) is 9.69 Å². The number of nitrogens with one attached hydrogen (secondary N) is 1. The Bertz CT molecular complexity index is 695. The molecule has 1 saturated heterocycles. The number of rotatable bonds is 7. The van der Waals surface area contributed by atoms with Crippen LogP contribution in [0.15, 0.2) is 48.5 Å². The number of hydrogen-bond acceptors (Lipinski definition) is 3.